The van der Waals surface area contributed by atoms with Gasteiger partial charge in [-0.1, -0.05) is 12.1 Å². The van der Waals surface area contributed by atoms with Gasteiger partial charge in [0.15, 0.2) is 0 Å². The maximum absolute atomic E-state index is 12.2. The molecule has 0 bridgehead atoms. The van der Waals surface area contributed by atoms with E-state index < -0.39 is 36.9 Å². The number of aliphatic hydroxyl groups excluding tert-OH is 1. The lowest BCUT2D eigenvalue weighted by atomic mass is 10.0. The monoisotopic (exact) mass is 303 g/mol. The van der Waals surface area contributed by atoms with Gasteiger partial charge in [-0.3, -0.25) is 0 Å². The molecule has 0 aliphatic carbocycles. The molecule has 0 unspecified atom stereocenters. The highest BCUT2D eigenvalue weighted by molar-refractivity contribution is 5.30. The first-order valence-electron chi connectivity index (χ1n) is 5.35. The molecule has 1 aromatic rings. The largest absolute Gasteiger partial charge is 0.573 e. The van der Waals surface area contributed by atoms with E-state index in [0.717, 1.165) is 18.2 Å². The second-order valence-corrected chi connectivity index (χ2v) is 4.02. The van der Waals surface area contributed by atoms with Crippen LogP contribution in [0, 0.1) is 0 Å². The number of alkyl halides is 6. The highest BCUT2D eigenvalue weighted by Crippen LogP contribution is 2.29. The van der Waals surface area contributed by atoms with Gasteiger partial charge in [-0.15, -0.1) is 13.2 Å². The van der Waals surface area contributed by atoms with Gasteiger partial charge in [0, 0.05) is 6.42 Å². The molecule has 9 heteroatoms. The van der Waals surface area contributed by atoms with Crippen LogP contribution in [0.2, 0.25) is 0 Å². The van der Waals surface area contributed by atoms with Crippen molar-refractivity contribution in [3.05, 3.63) is 29.8 Å². The molecule has 3 nitrogen and oxygen atoms in total. The lowest BCUT2D eigenvalue weighted by molar-refractivity contribution is -0.274. The highest BCUT2D eigenvalue weighted by Gasteiger charge is 2.38. The Hall–Kier alpha value is -1.48. The quantitative estimate of drug-likeness (QED) is 0.841. The van der Waals surface area contributed by atoms with Crippen molar-refractivity contribution in [2.45, 2.75) is 31.1 Å². The number of benzene rings is 1. The molecule has 0 radical (unpaired) electrons. The van der Waals surface area contributed by atoms with Gasteiger partial charge in [0.2, 0.25) is 0 Å². The van der Waals surface area contributed by atoms with Crippen LogP contribution in [0.25, 0.3) is 0 Å². The van der Waals surface area contributed by atoms with Crippen LogP contribution >= 0.6 is 0 Å². The van der Waals surface area contributed by atoms with Crippen LogP contribution in [0.5, 0.6) is 5.75 Å². The van der Waals surface area contributed by atoms with Gasteiger partial charge >= 0.3 is 12.5 Å². The number of hydrogen-bond donors (Lipinski definition) is 2. The van der Waals surface area contributed by atoms with Crippen LogP contribution in [-0.4, -0.2) is 23.7 Å². The summed E-state index contributed by atoms with van der Waals surface area (Å²) >= 11 is 0. The van der Waals surface area contributed by atoms with Gasteiger partial charge in [-0.2, -0.15) is 13.2 Å². The Morgan fingerprint density at radius 3 is 2.25 bits per heavy atom. The number of ether oxygens (including phenoxy) is 1. The number of aliphatic hydroxyl groups is 1. The van der Waals surface area contributed by atoms with Gasteiger partial charge in [0.25, 0.3) is 0 Å². The summed E-state index contributed by atoms with van der Waals surface area (Å²) in [5.41, 5.74) is 4.69. The van der Waals surface area contributed by atoms with Crippen molar-refractivity contribution in [1.29, 1.82) is 0 Å². The minimum atomic E-state index is -4.92. The van der Waals surface area contributed by atoms with Crippen LogP contribution < -0.4 is 10.5 Å². The van der Waals surface area contributed by atoms with Crippen molar-refractivity contribution in [3.8, 4) is 5.75 Å². The average molecular weight is 303 g/mol. The zero-order valence-corrected chi connectivity index (χ0v) is 9.87. The Balaban J connectivity index is 2.79. The van der Waals surface area contributed by atoms with E-state index in [4.69, 9.17) is 5.73 Å². The molecular weight excluding hydrogens is 292 g/mol. The van der Waals surface area contributed by atoms with Crippen molar-refractivity contribution < 1.29 is 36.2 Å². The summed E-state index contributed by atoms with van der Waals surface area (Å²) < 4.78 is 76.2. The van der Waals surface area contributed by atoms with Crippen molar-refractivity contribution in [2.75, 3.05) is 0 Å². The second kappa shape index (κ2) is 5.88. The first-order chi connectivity index (χ1) is 8.99. The van der Waals surface area contributed by atoms with Gasteiger partial charge in [0.1, 0.15) is 11.8 Å². The van der Waals surface area contributed by atoms with Gasteiger partial charge in [-0.25, -0.2) is 0 Å². The number of nitrogens with two attached hydrogens (primary N) is 1. The van der Waals surface area contributed by atoms with E-state index >= 15 is 0 Å². The maximum atomic E-state index is 12.2. The molecule has 1 rings (SSSR count). The predicted octanol–water partition coefficient (Wildman–Crippen LogP) is 2.90. The fourth-order valence-electron chi connectivity index (χ4n) is 1.43. The molecule has 114 valence electrons. The van der Waals surface area contributed by atoms with Crippen LogP contribution in [0.15, 0.2) is 24.3 Å². The van der Waals surface area contributed by atoms with E-state index in [1.165, 1.54) is 6.07 Å². The van der Waals surface area contributed by atoms with Crippen molar-refractivity contribution in [2.24, 2.45) is 5.73 Å². The molecule has 0 spiro atoms. The predicted molar refractivity (Wildman–Crippen MR) is 56.7 cm³/mol. The molecule has 0 saturated carbocycles. The summed E-state index contributed by atoms with van der Waals surface area (Å²) in [6.45, 7) is 0. The topological polar surface area (TPSA) is 55.5 Å². The number of hydrogen-bond acceptors (Lipinski definition) is 3. The van der Waals surface area contributed by atoms with E-state index in [0.29, 0.717) is 0 Å². The van der Waals surface area contributed by atoms with E-state index in [2.05, 4.69) is 4.74 Å². The normalized spacial score (nSPS) is 15.8. The number of halogens is 6. The Labute approximate surface area is 109 Å². The zero-order valence-electron chi connectivity index (χ0n) is 9.87. The molecule has 0 aliphatic rings. The molecule has 0 saturated heterocycles. The molecule has 0 heterocycles. The van der Waals surface area contributed by atoms with Gasteiger partial charge in [0.05, 0.1) is 6.10 Å². The third-order valence-electron chi connectivity index (χ3n) is 2.37. The third-order valence-corrected chi connectivity index (χ3v) is 2.37. The summed E-state index contributed by atoms with van der Waals surface area (Å²) in [4.78, 5) is 0. The molecule has 20 heavy (non-hydrogen) atoms. The van der Waals surface area contributed by atoms with E-state index in [1.54, 1.807) is 0 Å². The van der Waals surface area contributed by atoms with Crippen molar-refractivity contribution in [1.82, 2.24) is 0 Å². The average Bonchev–Trinajstić information content (AvgIpc) is 2.25. The van der Waals surface area contributed by atoms with E-state index in [-0.39, 0.29) is 5.56 Å². The first kappa shape index (κ1) is 16.6. The highest BCUT2D eigenvalue weighted by atomic mass is 19.4. The van der Waals surface area contributed by atoms with Crippen LogP contribution in [0.4, 0.5) is 26.3 Å². The Kier molecular flexibility index (Phi) is 4.87. The molecule has 2 atom stereocenters. The minimum Gasteiger partial charge on any atom is -0.406 e. The van der Waals surface area contributed by atoms with Crippen LogP contribution in [0.1, 0.15) is 18.1 Å². The van der Waals surface area contributed by atoms with Gasteiger partial charge in [-0.05, 0) is 17.7 Å². The van der Waals surface area contributed by atoms with E-state index in [9.17, 15) is 31.4 Å². The standard InChI is InChI=1S/C11H11F6NO2/c12-10(13,14)9(18)5-8(19)6-2-1-3-7(4-6)20-11(15,16)17/h1-4,8-9,19H,5,18H2/t8-,9+/m1/s1. The van der Waals surface area contributed by atoms with Crippen molar-refractivity contribution >= 4 is 0 Å². The summed E-state index contributed by atoms with van der Waals surface area (Å²) in [5.74, 6) is -0.630. The van der Waals surface area contributed by atoms with Gasteiger partial charge < -0.3 is 15.6 Å². The molecular formula is C11H11F6NO2. The summed E-state index contributed by atoms with van der Waals surface area (Å²) in [5, 5.41) is 9.56. The van der Waals surface area contributed by atoms with E-state index in [1.807, 2.05) is 0 Å². The molecule has 0 aromatic heterocycles. The lowest BCUT2D eigenvalue weighted by Crippen LogP contribution is -2.38. The Bertz CT molecular complexity index is 445. The molecule has 0 amide bonds. The Morgan fingerprint density at radius 1 is 1.15 bits per heavy atom. The fraction of sp³-hybridized carbons (Fsp3) is 0.455. The maximum Gasteiger partial charge on any atom is 0.573 e. The van der Waals surface area contributed by atoms with Crippen molar-refractivity contribution in [3.63, 3.8) is 0 Å². The zero-order chi connectivity index (χ0) is 15.6. The molecule has 1 aromatic carbocycles. The lowest BCUT2D eigenvalue weighted by Gasteiger charge is -2.19. The number of rotatable bonds is 4. The second-order valence-electron chi connectivity index (χ2n) is 4.02. The molecule has 3 N–H and O–H groups in total. The smallest absolute Gasteiger partial charge is 0.406 e. The van der Waals surface area contributed by atoms with Crippen LogP contribution in [0.3, 0.4) is 0 Å². The molecule has 0 fully saturated rings. The third kappa shape index (κ3) is 5.25. The first-order valence-corrected chi connectivity index (χ1v) is 5.35. The Morgan fingerprint density at radius 2 is 1.75 bits per heavy atom. The summed E-state index contributed by atoms with van der Waals surface area (Å²) in [6, 6.07) is 1.80. The SMILES string of the molecule is N[C@@H](C[C@@H](O)c1cccc(OC(F)(F)F)c1)C(F)(F)F. The molecule has 0 aliphatic heterocycles. The fourth-order valence-corrected chi connectivity index (χ4v) is 1.43. The van der Waals surface area contributed by atoms with Crippen LogP contribution in [-0.2, 0) is 0 Å². The summed E-state index contributed by atoms with van der Waals surface area (Å²) in [7, 11) is 0. The summed E-state index contributed by atoms with van der Waals surface area (Å²) in [6.07, 6.45) is -12.1. The minimum absolute atomic E-state index is 0.147.